The molecule has 0 saturated carbocycles. The SMILES string of the molecule is NC(=O)c1ccc(OCC(=O)Nc2cc(C(F)(F)F)ccc2Cl)cc1. The summed E-state index contributed by atoms with van der Waals surface area (Å²) < 4.78 is 43.2. The fraction of sp³-hybridized carbons (Fsp3) is 0.125. The van der Waals surface area contributed by atoms with Crippen molar-refractivity contribution in [3.63, 3.8) is 0 Å². The molecule has 2 aromatic carbocycles. The van der Waals surface area contributed by atoms with Gasteiger partial charge in [0.2, 0.25) is 5.91 Å². The Bertz CT molecular complexity index is 792. The number of benzene rings is 2. The monoisotopic (exact) mass is 372 g/mol. The summed E-state index contributed by atoms with van der Waals surface area (Å²) >= 11 is 5.79. The third-order valence-electron chi connectivity index (χ3n) is 3.08. The summed E-state index contributed by atoms with van der Waals surface area (Å²) in [7, 11) is 0. The summed E-state index contributed by atoms with van der Waals surface area (Å²) in [6, 6.07) is 8.30. The maximum atomic E-state index is 12.7. The number of carbonyl (C=O) groups is 2. The number of alkyl halides is 3. The molecule has 9 heteroatoms. The Morgan fingerprint density at radius 2 is 1.76 bits per heavy atom. The van der Waals surface area contributed by atoms with Crippen molar-refractivity contribution in [2.75, 3.05) is 11.9 Å². The molecule has 0 radical (unpaired) electrons. The molecule has 0 atom stereocenters. The molecule has 0 spiro atoms. The number of ether oxygens (including phenoxy) is 1. The predicted octanol–water partition coefficient (Wildman–Crippen LogP) is 3.48. The summed E-state index contributed by atoms with van der Waals surface area (Å²) in [4.78, 5) is 22.8. The zero-order valence-electron chi connectivity index (χ0n) is 12.6. The van der Waals surface area contributed by atoms with E-state index in [0.717, 1.165) is 18.2 Å². The van der Waals surface area contributed by atoms with E-state index in [0.29, 0.717) is 0 Å². The second-order valence-electron chi connectivity index (χ2n) is 4.92. The molecule has 0 aromatic heterocycles. The number of nitrogens with one attached hydrogen (secondary N) is 1. The normalized spacial score (nSPS) is 11.0. The van der Waals surface area contributed by atoms with Gasteiger partial charge in [-0.1, -0.05) is 11.6 Å². The highest BCUT2D eigenvalue weighted by Gasteiger charge is 2.31. The maximum Gasteiger partial charge on any atom is 0.416 e. The minimum atomic E-state index is -4.55. The molecular formula is C16H12ClF3N2O3. The van der Waals surface area contributed by atoms with Gasteiger partial charge in [-0.15, -0.1) is 0 Å². The van der Waals surface area contributed by atoms with Crippen LogP contribution in [0.4, 0.5) is 18.9 Å². The number of anilines is 1. The lowest BCUT2D eigenvalue weighted by molar-refractivity contribution is -0.137. The van der Waals surface area contributed by atoms with Gasteiger partial charge in [0, 0.05) is 5.56 Å². The van der Waals surface area contributed by atoms with E-state index in [1.807, 2.05) is 0 Å². The first-order chi connectivity index (χ1) is 11.7. The number of nitrogens with two attached hydrogens (primary N) is 1. The van der Waals surface area contributed by atoms with Gasteiger partial charge in [-0.05, 0) is 42.5 Å². The number of rotatable bonds is 5. The van der Waals surface area contributed by atoms with Gasteiger partial charge in [-0.25, -0.2) is 0 Å². The smallest absolute Gasteiger partial charge is 0.416 e. The van der Waals surface area contributed by atoms with Crippen molar-refractivity contribution < 1.29 is 27.5 Å². The Labute approximate surface area is 145 Å². The molecule has 0 saturated heterocycles. The van der Waals surface area contributed by atoms with Gasteiger partial charge in [0.25, 0.3) is 5.91 Å². The molecule has 2 amide bonds. The number of halogens is 4. The van der Waals surface area contributed by atoms with E-state index in [2.05, 4.69) is 5.32 Å². The minimum absolute atomic E-state index is 0.0350. The van der Waals surface area contributed by atoms with Crippen molar-refractivity contribution in [3.05, 3.63) is 58.6 Å². The van der Waals surface area contributed by atoms with Crippen LogP contribution in [0, 0.1) is 0 Å². The number of primary amides is 1. The van der Waals surface area contributed by atoms with E-state index in [-0.39, 0.29) is 22.0 Å². The third kappa shape index (κ3) is 5.12. The summed E-state index contributed by atoms with van der Waals surface area (Å²) in [6.07, 6.45) is -4.55. The summed E-state index contributed by atoms with van der Waals surface area (Å²) in [5, 5.41) is 2.22. The fourth-order valence-electron chi connectivity index (χ4n) is 1.85. The minimum Gasteiger partial charge on any atom is -0.484 e. The number of hydrogen-bond acceptors (Lipinski definition) is 3. The average molecular weight is 373 g/mol. The Balaban J connectivity index is 1.99. The van der Waals surface area contributed by atoms with E-state index in [9.17, 15) is 22.8 Å². The van der Waals surface area contributed by atoms with Gasteiger partial charge < -0.3 is 15.8 Å². The second-order valence-corrected chi connectivity index (χ2v) is 5.33. The van der Waals surface area contributed by atoms with Crippen molar-refractivity contribution >= 4 is 29.1 Å². The van der Waals surface area contributed by atoms with E-state index in [4.69, 9.17) is 22.1 Å². The van der Waals surface area contributed by atoms with Crippen molar-refractivity contribution in [2.24, 2.45) is 5.73 Å². The molecule has 3 N–H and O–H groups in total. The molecule has 0 heterocycles. The van der Waals surface area contributed by atoms with E-state index in [1.165, 1.54) is 24.3 Å². The molecule has 132 valence electrons. The Kier molecular flexibility index (Phi) is 5.53. The van der Waals surface area contributed by atoms with Gasteiger partial charge in [0.1, 0.15) is 5.75 Å². The maximum absolute atomic E-state index is 12.7. The Hall–Kier alpha value is -2.74. The molecule has 0 aliphatic carbocycles. The van der Waals surface area contributed by atoms with Crippen LogP contribution in [-0.4, -0.2) is 18.4 Å². The molecule has 0 aliphatic heterocycles. The van der Waals surface area contributed by atoms with Crippen molar-refractivity contribution in [1.29, 1.82) is 0 Å². The van der Waals surface area contributed by atoms with Gasteiger partial charge >= 0.3 is 6.18 Å². The van der Waals surface area contributed by atoms with E-state index >= 15 is 0 Å². The van der Waals surface area contributed by atoms with Crippen LogP contribution >= 0.6 is 11.6 Å². The molecule has 0 fully saturated rings. The van der Waals surface area contributed by atoms with Crippen molar-refractivity contribution in [2.45, 2.75) is 6.18 Å². The van der Waals surface area contributed by atoms with Crippen LogP contribution in [0.1, 0.15) is 15.9 Å². The van der Waals surface area contributed by atoms with Gasteiger partial charge in [-0.2, -0.15) is 13.2 Å². The van der Waals surface area contributed by atoms with Crippen LogP contribution in [0.5, 0.6) is 5.75 Å². The molecule has 2 aromatic rings. The quantitative estimate of drug-likeness (QED) is 0.843. The van der Waals surface area contributed by atoms with E-state index < -0.39 is 30.2 Å². The summed E-state index contributed by atoms with van der Waals surface area (Å²) in [5.41, 5.74) is 4.26. The first-order valence-corrected chi connectivity index (χ1v) is 7.24. The molecule has 2 rings (SSSR count). The second kappa shape index (κ2) is 7.43. The lowest BCUT2D eigenvalue weighted by Crippen LogP contribution is -2.21. The standard InChI is InChI=1S/C16H12ClF3N2O3/c17-12-6-3-10(16(18,19)20)7-13(12)22-14(23)8-25-11-4-1-9(2-5-11)15(21)24/h1-7H,8H2,(H2,21,24)(H,22,23). The molecule has 25 heavy (non-hydrogen) atoms. The zero-order chi connectivity index (χ0) is 18.6. The largest absolute Gasteiger partial charge is 0.484 e. The van der Waals surface area contributed by atoms with Crippen molar-refractivity contribution in [3.8, 4) is 5.75 Å². The topological polar surface area (TPSA) is 81.4 Å². The Morgan fingerprint density at radius 1 is 1.12 bits per heavy atom. The van der Waals surface area contributed by atoms with Crippen LogP contribution in [0.15, 0.2) is 42.5 Å². The van der Waals surface area contributed by atoms with Crippen LogP contribution in [0.2, 0.25) is 5.02 Å². The average Bonchev–Trinajstić information content (AvgIpc) is 2.54. The van der Waals surface area contributed by atoms with Crippen LogP contribution in [0.25, 0.3) is 0 Å². The number of carbonyl (C=O) groups excluding carboxylic acids is 2. The van der Waals surface area contributed by atoms with Gasteiger partial charge in [0.05, 0.1) is 16.3 Å². The lowest BCUT2D eigenvalue weighted by atomic mass is 10.2. The van der Waals surface area contributed by atoms with Crippen LogP contribution in [0.3, 0.4) is 0 Å². The molecular weight excluding hydrogens is 361 g/mol. The highest BCUT2D eigenvalue weighted by atomic mass is 35.5. The van der Waals surface area contributed by atoms with Gasteiger partial charge in [0.15, 0.2) is 6.61 Å². The lowest BCUT2D eigenvalue weighted by Gasteiger charge is -2.12. The summed E-state index contributed by atoms with van der Waals surface area (Å²) in [6.45, 7) is -0.456. The molecule has 0 aliphatic rings. The number of amides is 2. The molecule has 5 nitrogen and oxygen atoms in total. The molecule has 0 bridgehead atoms. The van der Waals surface area contributed by atoms with E-state index in [1.54, 1.807) is 0 Å². The fourth-order valence-corrected chi connectivity index (χ4v) is 2.01. The van der Waals surface area contributed by atoms with Gasteiger partial charge in [-0.3, -0.25) is 9.59 Å². The Morgan fingerprint density at radius 3 is 2.32 bits per heavy atom. The third-order valence-corrected chi connectivity index (χ3v) is 3.41. The zero-order valence-corrected chi connectivity index (χ0v) is 13.3. The molecule has 0 unspecified atom stereocenters. The van der Waals surface area contributed by atoms with Crippen molar-refractivity contribution in [1.82, 2.24) is 0 Å². The van der Waals surface area contributed by atoms with Crippen LogP contribution < -0.4 is 15.8 Å². The predicted molar refractivity (Wildman–Crippen MR) is 85.5 cm³/mol. The number of hydrogen-bond donors (Lipinski definition) is 2. The highest BCUT2D eigenvalue weighted by Crippen LogP contribution is 2.33. The first-order valence-electron chi connectivity index (χ1n) is 6.86. The highest BCUT2D eigenvalue weighted by molar-refractivity contribution is 6.33. The summed E-state index contributed by atoms with van der Waals surface area (Å²) in [5.74, 6) is -1.01. The van der Waals surface area contributed by atoms with Crippen LogP contribution in [-0.2, 0) is 11.0 Å². The first kappa shape index (κ1) is 18.6.